The normalized spacial score (nSPS) is 17.7. The Hall–Kier alpha value is -2.83. The molecule has 1 aliphatic rings. The molecule has 0 bridgehead atoms. The fraction of sp³-hybridized carbons (Fsp3) is 0.385. The van der Waals surface area contributed by atoms with Gasteiger partial charge in [0.2, 0.25) is 0 Å². The third-order valence-corrected chi connectivity index (χ3v) is 6.13. The van der Waals surface area contributed by atoms with Gasteiger partial charge < -0.3 is 19.6 Å². The van der Waals surface area contributed by atoms with Crippen LogP contribution < -0.4 is 4.74 Å². The Morgan fingerprint density at radius 2 is 1.67 bits per heavy atom. The second-order valence-electron chi connectivity index (χ2n) is 7.94. The molecule has 1 amide bonds. The number of aliphatic hydroxyl groups is 1. The molecule has 2 aromatic rings. The number of rotatable bonds is 10. The van der Waals surface area contributed by atoms with Gasteiger partial charge in [-0.05, 0) is 61.5 Å². The van der Waals surface area contributed by atoms with Gasteiger partial charge in [-0.3, -0.25) is 9.59 Å². The van der Waals surface area contributed by atoms with Gasteiger partial charge in [-0.15, -0.1) is 0 Å². The van der Waals surface area contributed by atoms with E-state index < -0.39 is 17.7 Å². The molecule has 1 N–H and O–H groups in total. The molecule has 33 heavy (non-hydrogen) atoms. The average molecular weight is 471 g/mol. The summed E-state index contributed by atoms with van der Waals surface area (Å²) in [6.07, 6.45) is 0.889. The number of carbonyl (C=O) groups excluding carboxylic acids is 2. The van der Waals surface area contributed by atoms with Crippen molar-refractivity contribution in [3.05, 3.63) is 70.3 Å². The predicted octanol–water partition coefficient (Wildman–Crippen LogP) is 4.89. The number of likely N-dealkylation sites (N-methyl/N-ethyl adjacent to an activating group) is 1. The van der Waals surface area contributed by atoms with Crippen LogP contribution in [0.5, 0.6) is 5.75 Å². The number of likely N-dealkylation sites (tertiary alicyclic amines) is 1. The molecule has 0 saturated carbocycles. The number of hydrogen-bond donors (Lipinski definition) is 1. The maximum Gasteiger partial charge on any atom is 0.295 e. The molecule has 1 unspecified atom stereocenters. The second kappa shape index (κ2) is 11.3. The van der Waals surface area contributed by atoms with Crippen LogP contribution in [0.1, 0.15) is 44.4 Å². The molecule has 7 heteroatoms. The molecule has 176 valence electrons. The number of hydrogen-bond acceptors (Lipinski definition) is 5. The summed E-state index contributed by atoms with van der Waals surface area (Å²) in [4.78, 5) is 29.9. The van der Waals surface area contributed by atoms with Crippen molar-refractivity contribution >= 4 is 29.1 Å². The number of Topliss-reactive ketones (excluding diaryl/α,β-unsaturated/α-hetero) is 1. The van der Waals surface area contributed by atoms with Gasteiger partial charge in [0.1, 0.15) is 11.5 Å². The highest BCUT2D eigenvalue weighted by Gasteiger charge is 2.45. The number of ether oxygens (including phenoxy) is 1. The van der Waals surface area contributed by atoms with E-state index in [1.165, 1.54) is 0 Å². The first-order chi connectivity index (χ1) is 15.9. The molecule has 2 aromatic carbocycles. The number of ketones is 1. The quantitative estimate of drug-likeness (QED) is 0.304. The largest absolute Gasteiger partial charge is 0.507 e. The van der Waals surface area contributed by atoms with Gasteiger partial charge in [0, 0.05) is 23.7 Å². The second-order valence-corrected chi connectivity index (χ2v) is 8.38. The summed E-state index contributed by atoms with van der Waals surface area (Å²) in [5.41, 5.74) is 1.27. The first-order valence-electron chi connectivity index (χ1n) is 11.4. The van der Waals surface area contributed by atoms with Gasteiger partial charge in [-0.1, -0.05) is 44.5 Å². The van der Waals surface area contributed by atoms with Crippen molar-refractivity contribution in [2.24, 2.45) is 0 Å². The van der Waals surface area contributed by atoms with E-state index in [0.29, 0.717) is 36.0 Å². The summed E-state index contributed by atoms with van der Waals surface area (Å²) < 4.78 is 5.60. The van der Waals surface area contributed by atoms with Crippen LogP contribution >= 0.6 is 11.6 Å². The van der Waals surface area contributed by atoms with Gasteiger partial charge in [0.05, 0.1) is 18.2 Å². The highest BCUT2D eigenvalue weighted by molar-refractivity contribution is 6.46. The summed E-state index contributed by atoms with van der Waals surface area (Å²) >= 11 is 6.07. The van der Waals surface area contributed by atoms with Crippen molar-refractivity contribution < 1.29 is 19.4 Å². The lowest BCUT2D eigenvalue weighted by Gasteiger charge is -2.28. The van der Waals surface area contributed by atoms with Crippen LogP contribution in [0.2, 0.25) is 5.02 Å². The molecule has 0 radical (unpaired) electrons. The van der Waals surface area contributed by atoms with E-state index >= 15 is 0 Å². The minimum Gasteiger partial charge on any atom is -0.507 e. The van der Waals surface area contributed by atoms with Crippen molar-refractivity contribution in [2.45, 2.75) is 33.2 Å². The SMILES string of the molecule is CCCOc1ccc(/C(O)=C2\C(=O)C(=O)N(CCN(CC)CC)C2c2ccc(Cl)cc2)cc1. The molecule has 1 fully saturated rings. The number of halogens is 1. The molecular formula is C26H31ClN2O4. The van der Waals surface area contributed by atoms with Crippen molar-refractivity contribution in [1.29, 1.82) is 0 Å². The Morgan fingerprint density at radius 3 is 2.24 bits per heavy atom. The highest BCUT2D eigenvalue weighted by atomic mass is 35.5. The molecule has 1 aliphatic heterocycles. The van der Waals surface area contributed by atoms with Crippen LogP contribution in [0.4, 0.5) is 0 Å². The summed E-state index contributed by atoms with van der Waals surface area (Å²) in [6.45, 7) is 9.44. The van der Waals surface area contributed by atoms with Crippen LogP contribution in [-0.4, -0.2) is 59.4 Å². The Morgan fingerprint density at radius 1 is 1.03 bits per heavy atom. The molecule has 6 nitrogen and oxygen atoms in total. The van der Waals surface area contributed by atoms with Crippen molar-refractivity contribution in [3.8, 4) is 5.75 Å². The van der Waals surface area contributed by atoms with E-state index in [9.17, 15) is 14.7 Å². The van der Waals surface area contributed by atoms with E-state index in [0.717, 1.165) is 25.1 Å². The van der Waals surface area contributed by atoms with Crippen LogP contribution in [0.25, 0.3) is 5.76 Å². The Balaban J connectivity index is 2.02. The maximum atomic E-state index is 13.1. The minimum atomic E-state index is -0.686. The topological polar surface area (TPSA) is 70.1 Å². The minimum absolute atomic E-state index is 0.0871. The third-order valence-electron chi connectivity index (χ3n) is 5.88. The summed E-state index contributed by atoms with van der Waals surface area (Å²) in [5, 5.41) is 11.7. The van der Waals surface area contributed by atoms with Crippen LogP contribution in [0.3, 0.4) is 0 Å². The standard InChI is InChI=1S/C26H31ClN2O4/c1-4-17-33-21-13-9-19(10-14-21)24(30)22-23(18-7-11-20(27)12-8-18)29(26(32)25(22)31)16-15-28(5-2)6-3/h7-14,23,30H,4-6,15-17H2,1-3H3/b24-22+. The zero-order valence-electron chi connectivity index (χ0n) is 19.4. The van der Waals surface area contributed by atoms with Crippen molar-refractivity contribution in [1.82, 2.24) is 9.80 Å². The molecule has 0 spiro atoms. The number of aliphatic hydroxyl groups excluding tert-OH is 1. The van der Waals surface area contributed by atoms with E-state index in [1.54, 1.807) is 53.4 Å². The maximum absolute atomic E-state index is 13.1. The highest BCUT2D eigenvalue weighted by Crippen LogP contribution is 2.39. The molecule has 1 saturated heterocycles. The van der Waals surface area contributed by atoms with Crippen molar-refractivity contribution in [3.63, 3.8) is 0 Å². The summed E-state index contributed by atoms with van der Waals surface area (Å²) in [6, 6.07) is 13.2. The fourth-order valence-electron chi connectivity index (χ4n) is 3.98. The van der Waals surface area contributed by atoms with Crippen LogP contribution in [0, 0.1) is 0 Å². The summed E-state index contributed by atoms with van der Waals surface area (Å²) in [5.74, 6) is -0.798. The molecule has 1 atom stereocenters. The number of nitrogens with zero attached hydrogens (tertiary/aromatic N) is 2. The van der Waals surface area contributed by atoms with Gasteiger partial charge in [-0.25, -0.2) is 0 Å². The number of amides is 1. The van der Waals surface area contributed by atoms with Crippen molar-refractivity contribution in [2.75, 3.05) is 32.8 Å². The Labute approximate surface area is 200 Å². The van der Waals surface area contributed by atoms with Gasteiger partial charge in [-0.2, -0.15) is 0 Å². The first-order valence-corrected chi connectivity index (χ1v) is 11.8. The van der Waals surface area contributed by atoms with Gasteiger partial charge in [0.25, 0.3) is 11.7 Å². The molecule has 3 rings (SSSR count). The predicted molar refractivity (Wildman–Crippen MR) is 130 cm³/mol. The Bertz CT molecular complexity index is 998. The molecule has 1 heterocycles. The number of carbonyl (C=O) groups is 2. The smallest absolute Gasteiger partial charge is 0.295 e. The van der Waals surface area contributed by atoms with Crippen LogP contribution in [-0.2, 0) is 9.59 Å². The lowest BCUT2D eigenvalue weighted by molar-refractivity contribution is -0.140. The molecular weight excluding hydrogens is 440 g/mol. The van der Waals surface area contributed by atoms with E-state index in [-0.39, 0.29) is 11.3 Å². The zero-order chi connectivity index (χ0) is 24.0. The van der Waals surface area contributed by atoms with E-state index in [4.69, 9.17) is 16.3 Å². The van der Waals surface area contributed by atoms with Gasteiger partial charge >= 0.3 is 0 Å². The monoisotopic (exact) mass is 470 g/mol. The fourth-order valence-corrected chi connectivity index (χ4v) is 4.10. The van der Waals surface area contributed by atoms with Crippen LogP contribution in [0.15, 0.2) is 54.1 Å². The first kappa shape index (κ1) is 24.8. The summed E-state index contributed by atoms with van der Waals surface area (Å²) in [7, 11) is 0. The molecule has 0 aliphatic carbocycles. The lowest BCUT2D eigenvalue weighted by atomic mass is 9.95. The van der Waals surface area contributed by atoms with E-state index in [1.807, 2.05) is 6.92 Å². The van der Waals surface area contributed by atoms with E-state index in [2.05, 4.69) is 18.7 Å². The zero-order valence-corrected chi connectivity index (χ0v) is 20.1. The average Bonchev–Trinajstić information content (AvgIpc) is 3.08. The number of benzene rings is 2. The lowest BCUT2D eigenvalue weighted by Crippen LogP contribution is -2.38. The Kier molecular flexibility index (Phi) is 8.53. The van der Waals surface area contributed by atoms with Gasteiger partial charge in [0.15, 0.2) is 0 Å². The third kappa shape index (κ3) is 5.57. The molecule has 0 aromatic heterocycles.